The monoisotopic (exact) mass is 262 g/mol. The van der Waals surface area contributed by atoms with Crippen molar-refractivity contribution in [1.82, 2.24) is 5.32 Å². The lowest BCUT2D eigenvalue weighted by Gasteiger charge is -2.35. The number of primary amides is 1. The number of methoxy groups -OCH3 is 1. The van der Waals surface area contributed by atoms with Crippen molar-refractivity contribution in [1.29, 1.82) is 0 Å². The molecule has 104 valence electrons. The highest BCUT2D eigenvalue weighted by Crippen LogP contribution is 2.34. The third kappa shape index (κ3) is 2.65. The lowest BCUT2D eigenvalue weighted by atomic mass is 9.91. The summed E-state index contributed by atoms with van der Waals surface area (Å²) < 4.78 is 5.46. The van der Waals surface area contributed by atoms with Crippen LogP contribution in [0, 0.1) is 0 Å². The Morgan fingerprint density at radius 2 is 2.16 bits per heavy atom. The molecule has 0 aliphatic heterocycles. The summed E-state index contributed by atoms with van der Waals surface area (Å²) >= 11 is 0. The largest absolute Gasteiger partial charge is 0.379 e. The average Bonchev–Trinajstić information content (AvgIpc) is 2.83. The van der Waals surface area contributed by atoms with Gasteiger partial charge in [-0.25, -0.2) is 0 Å². The van der Waals surface area contributed by atoms with Crippen molar-refractivity contribution in [2.45, 2.75) is 43.9 Å². The van der Waals surface area contributed by atoms with Crippen LogP contribution in [0.3, 0.4) is 0 Å². The van der Waals surface area contributed by atoms with E-state index in [1.807, 2.05) is 37.3 Å². The second-order valence-electron chi connectivity index (χ2n) is 5.23. The Labute approximate surface area is 114 Å². The van der Waals surface area contributed by atoms with Gasteiger partial charge < -0.3 is 10.5 Å². The van der Waals surface area contributed by atoms with Crippen molar-refractivity contribution in [2.24, 2.45) is 5.73 Å². The fourth-order valence-electron chi connectivity index (χ4n) is 3.02. The minimum absolute atomic E-state index is 0.0597. The Morgan fingerprint density at radius 3 is 2.74 bits per heavy atom. The molecule has 0 unspecified atom stereocenters. The van der Waals surface area contributed by atoms with Crippen LogP contribution in [0.2, 0.25) is 0 Å². The lowest BCUT2D eigenvalue weighted by Crippen LogP contribution is -2.61. The molecule has 0 bridgehead atoms. The summed E-state index contributed by atoms with van der Waals surface area (Å²) in [6.45, 7) is 2.05. The highest BCUT2D eigenvalue weighted by molar-refractivity contribution is 5.86. The summed E-state index contributed by atoms with van der Waals surface area (Å²) in [7, 11) is 1.64. The molecule has 0 heterocycles. The highest BCUT2D eigenvalue weighted by Gasteiger charge is 2.48. The Balaban J connectivity index is 2.20. The van der Waals surface area contributed by atoms with E-state index in [4.69, 9.17) is 10.5 Å². The van der Waals surface area contributed by atoms with E-state index < -0.39 is 5.54 Å². The van der Waals surface area contributed by atoms with Crippen LogP contribution in [0.5, 0.6) is 0 Å². The van der Waals surface area contributed by atoms with Crippen LogP contribution in [0.15, 0.2) is 30.3 Å². The molecule has 3 atom stereocenters. The first kappa shape index (κ1) is 14.0. The molecule has 4 nitrogen and oxygen atoms in total. The number of benzene rings is 1. The third-order valence-corrected chi connectivity index (χ3v) is 4.08. The number of carbonyl (C=O) groups excluding carboxylic acids is 1. The van der Waals surface area contributed by atoms with Crippen molar-refractivity contribution < 1.29 is 9.53 Å². The molecule has 0 radical (unpaired) electrons. The maximum atomic E-state index is 11.9. The molecule has 1 aliphatic carbocycles. The molecular formula is C15H22N2O2. The summed E-state index contributed by atoms with van der Waals surface area (Å²) in [5, 5.41) is 3.41. The van der Waals surface area contributed by atoms with Gasteiger partial charge in [-0.3, -0.25) is 10.1 Å². The van der Waals surface area contributed by atoms with Crippen LogP contribution in [0.25, 0.3) is 0 Å². The molecular weight excluding hydrogens is 240 g/mol. The second-order valence-corrected chi connectivity index (χ2v) is 5.23. The van der Waals surface area contributed by atoms with Gasteiger partial charge >= 0.3 is 0 Å². The molecule has 1 aromatic rings. The van der Waals surface area contributed by atoms with Gasteiger partial charge in [-0.05, 0) is 31.7 Å². The molecule has 2 rings (SSSR count). The minimum Gasteiger partial charge on any atom is -0.379 e. The van der Waals surface area contributed by atoms with Gasteiger partial charge in [0.25, 0.3) is 0 Å². The van der Waals surface area contributed by atoms with Crippen molar-refractivity contribution in [3.63, 3.8) is 0 Å². The van der Waals surface area contributed by atoms with E-state index in [0.717, 1.165) is 24.8 Å². The Morgan fingerprint density at radius 1 is 1.47 bits per heavy atom. The van der Waals surface area contributed by atoms with Gasteiger partial charge in [0.15, 0.2) is 0 Å². The van der Waals surface area contributed by atoms with E-state index in [2.05, 4.69) is 5.32 Å². The smallest absolute Gasteiger partial charge is 0.240 e. The van der Waals surface area contributed by atoms with Gasteiger partial charge in [-0.15, -0.1) is 0 Å². The summed E-state index contributed by atoms with van der Waals surface area (Å²) in [5.74, 6) is -0.320. The zero-order valence-electron chi connectivity index (χ0n) is 11.6. The predicted octanol–water partition coefficient (Wildman–Crippen LogP) is 1.76. The van der Waals surface area contributed by atoms with Crippen molar-refractivity contribution in [3.05, 3.63) is 35.9 Å². The highest BCUT2D eigenvalue weighted by atomic mass is 16.5. The quantitative estimate of drug-likeness (QED) is 0.850. The number of hydrogen-bond donors (Lipinski definition) is 2. The van der Waals surface area contributed by atoms with Crippen molar-refractivity contribution >= 4 is 5.91 Å². The first-order valence-corrected chi connectivity index (χ1v) is 6.75. The van der Waals surface area contributed by atoms with Crippen molar-refractivity contribution in [3.8, 4) is 0 Å². The topological polar surface area (TPSA) is 64.3 Å². The molecule has 19 heavy (non-hydrogen) atoms. The number of nitrogens with one attached hydrogen (secondary N) is 1. The van der Waals surface area contributed by atoms with Gasteiger partial charge in [0.1, 0.15) is 5.54 Å². The van der Waals surface area contributed by atoms with E-state index in [0.29, 0.717) is 0 Å². The Hall–Kier alpha value is -1.39. The van der Waals surface area contributed by atoms with Gasteiger partial charge in [0.2, 0.25) is 5.91 Å². The fourth-order valence-corrected chi connectivity index (χ4v) is 3.02. The molecule has 0 aromatic heterocycles. The SMILES string of the molecule is CO[C@@H]1CCC[C@@]1(N[C@@H](C)c1ccccc1)C(N)=O. The molecule has 3 N–H and O–H groups in total. The number of hydrogen-bond acceptors (Lipinski definition) is 3. The fraction of sp³-hybridized carbons (Fsp3) is 0.533. The first-order valence-electron chi connectivity index (χ1n) is 6.75. The maximum Gasteiger partial charge on any atom is 0.240 e. The molecule has 1 fully saturated rings. The number of rotatable bonds is 5. The number of amides is 1. The summed E-state index contributed by atoms with van der Waals surface area (Å²) in [5.41, 5.74) is 6.04. The molecule has 4 heteroatoms. The van der Waals surface area contributed by atoms with E-state index in [1.165, 1.54) is 0 Å². The lowest BCUT2D eigenvalue weighted by molar-refractivity contribution is -0.129. The van der Waals surface area contributed by atoms with Crippen LogP contribution >= 0.6 is 0 Å². The van der Waals surface area contributed by atoms with E-state index in [9.17, 15) is 4.79 Å². The maximum absolute atomic E-state index is 11.9. The molecule has 1 saturated carbocycles. The van der Waals surface area contributed by atoms with E-state index in [1.54, 1.807) is 7.11 Å². The Bertz CT molecular complexity index is 435. The third-order valence-electron chi connectivity index (χ3n) is 4.08. The van der Waals surface area contributed by atoms with Gasteiger partial charge in [-0.1, -0.05) is 30.3 Å². The predicted molar refractivity (Wildman–Crippen MR) is 74.6 cm³/mol. The zero-order valence-corrected chi connectivity index (χ0v) is 11.6. The second kappa shape index (κ2) is 5.72. The number of carbonyl (C=O) groups is 1. The van der Waals surface area contributed by atoms with Crippen LogP contribution in [0.4, 0.5) is 0 Å². The van der Waals surface area contributed by atoms with Crippen LogP contribution in [-0.4, -0.2) is 24.7 Å². The average molecular weight is 262 g/mol. The zero-order chi connectivity index (χ0) is 13.9. The first-order chi connectivity index (χ1) is 9.10. The number of nitrogens with two attached hydrogens (primary N) is 1. The van der Waals surface area contributed by atoms with E-state index >= 15 is 0 Å². The molecule has 1 aliphatic rings. The van der Waals surface area contributed by atoms with Crippen LogP contribution in [0.1, 0.15) is 37.8 Å². The number of ether oxygens (including phenoxy) is 1. The summed E-state index contributed by atoms with van der Waals surface area (Å²) in [6, 6.07) is 10.1. The summed E-state index contributed by atoms with van der Waals surface area (Å²) in [6.07, 6.45) is 2.42. The van der Waals surface area contributed by atoms with E-state index in [-0.39, 0.29) is 18.1 Å². The molecule has 0 saturated heterocycles. The van der Waals surface area contributed by atoms with Gasteiger partial charge in [0.05, 0.1) is 6.10 Å². The van der Waals surface area contributed by atoms with Gasteiger partial charge in [-0.2, -0.15) is 0 Å². The molecule has 1 amide bonds. The Kier molecular flexibility index (Phi) is 4.22. The minimum atomic E-state index is -0.746. The molecule has 0 spiro atoms. The van der Waals surface area contributed by atoms with Gasteiger partial charge in [0, 0.05) is 13.2 Å². The van der Waals surface area contributed by atoms with Crippen molar-refractivity contribution in [2.75, 3.05) is 7.11 Å². The van der Waals surface area contributed by atoms with Crippen LogP contribution < -0.4 is 11.1 Å². The standard InChI is InChI=1S/C15H22N2O2/c1-11(12-7-4-3-5-8-12)17-15(14(16)18)10-6-9-13(15)19-2/h3-5,7-8,11,13,17H,6,9-10H2,1-2H3,(H2,16,18)/t11-,13+,15-/m0/s1. The normalized spacial score (nSPS) is 28.2. The molecule has 1 aromatic carbocycles. The summed E-state index contributed by atoms with van der Waals surface area (Å²) in [4.78, 5) is 11.9. The van der Waals surface area contributed by atoms with Crippen LogP contribution in [-0.2, 0) is 9.53 Å².